The quantitative estimate of drug-likeness (QED) is 0.391. The standard InChI is InChI=1S/C27H26N2O5/c1-2-34-27(33)17-10-12-20(13-11-17)28-24(30)21(14-16-6-4-3-5-7-16)29-25(31)22-18-8-9-19(15-18)23(22)26(29)32/h3-13,18-19,21-23H,2,14-15H2,1H3,(H,28,30). The van der Waals surface area contributed by atoms with Crippen molar-refractivity contribution in [2.45, 2.75) is 25.8 Å². The van der Waals surface area contributed by atoms with Gasteiger partial charge in [0.15, 0.2) is 0 Å². The maximum Gasteiger partial charge on any atom is 0.338 e. The number of esters is 1. The number of rotatable bonds is 7. The Bertz CT molecular complexity index is 1130. The topological polar surface area (TPSA) is 92.8 Å². The first kappa shape index (κ1) is 22.1. The van der Waals surface area contributed by atoms with Crippen LogP contribution >= 0.6 is 0 Å². The third kappa shape index (κ3) is 3.81. The molecular formula is C27H26N2O5. The van der Waals surface area contributed by atoms with E-state index in [1.165, 1.54) is 4.90 Å². The number of allylic oxidation sites excluding steroid dienone is 2. The summed E-state index contributed by atoms with van der Waals surface area (Å²) in [7, 11) is 0. The lowest BCUT2D eigenvalue weighted by Gasteiger charge is -2.27. The zero-order chi connectivity index (χ0) is 23.8. The van der Waals surface area contributed by atoms with Gasteiger partial charge in [-0.15, -0.1) is 0 Å². The van der Waals surface area contributed by atoms with Gasteiger partial charge in [-0.25, -0.2) is 4.79 Å². The highest BCUT2D eigenvalue weighted by Gasteiger charge is 2.61. The molecule has 3 aliphatic rings. The lowest BCUT2D eigenvalue weighted by molar-refractivity contribution is -0.147. The molecule has 1 saturated heterocycles. The number of nitrogens with one attached hydrogen (secondary N) is 1. The molecule has 174 valence electrons. The fourth-order valence-electron chi connectivity index (χ4n) is 5.50. The average Bonchev–Trinajstić information content (AvgIpc) is 3.53. The van der Waals surface area contributed by atoms with E-state index in [1.807, 2.05) is 42.5 Å². The van der Waals surface area contributed by atoms with Crippen molar-refractivity contribution in [1.82, 2.24) is 4.90 Å². The highest BCUT2D eigenvalue weighted by molar-refractivity contribution is 6.11. The smallest absolute Gasteiger partial charge is 0.338 e. The molecule has 3 amide bonds. The van der Waals surface area contributed by atoms with Crippen LogP contribution in [0.4, 0.5) is 5.69 Å². The molecule has 1 N–H and O–H groups in total. The number of imide groups is 1. The molecule has 5 rings (SSSR count). The summed E-state index contributed by atoms with van der Waals surface area (Å²) in [5.41, 5.74) is 1.71. The summed E-state index contributed by atoms with van der Waals surface area (Å²) < 4.78 is 4.99. The summed E-state index contributed by atoms with van der Waals surface area (Å²) in [5, 5.41) is 2.83. The van der Waals surface area contributed by atoms with Crippen LogP contribution in [-0.4, -0.2) is 41.2 Å². The normalized spacial score (nSPS) is 25.4. The lowest BCUT2D eigenvalue weighted by atomic mass is 9.85. The van der Waals surface area contributed by atoms with Gasteiger partial charge >= 0.3 is 5.97 Å². The van der Waals surface area contributed by atoms with Crippen LogP contribution in [0.3, 0.4) is 0 Å². The average molecular weight is 459 g/mol. The second-order valence-corrected chi connectivity index (χ2v) is 9.04. The van der Waals surface area contributed by atoms with E-state index in [-0.39, 0.29) is 48.5 Å². The third-order valence-corrected chi connectivity index (χ3v) is 7.05. The Kier molecular flexibility index (Phi) is 5.77. The van der Waals surface area contributed by atoms with Crippen molar-refractivity contribution in [3.8, 4) is 0 Å². The predicted octanol–water partition coefficient (Wildman–Crippen LogP) is 3.22. The largest absolute Gasteiger partial charge is 0.462 e. The van der Waals surface area contributed by atoms with Gasteiger partial charge in [-0.1, -0.05) is 42.5 Å². The molecule has 5 atom stereocenters. The molecule has 7 heteroatoms. The Labute approximate surface area is 197 Å². The Morgan fingerprint density at radius 2 is 1.59 bits per heavy atom. The minimum absolute atomic E-state index is 0.0762. The molecule has 1 saturated carbocycles. The number of nitrogens with zero attached hydrogens (tertiary/aromatic N) is 1. The zero-order valence-corrected chi connectivity index (χ0v) is 18.8. The summed E-state index contributed by atoms with van der Waals surface area (Å²) >= 11 is 0. The number of likely N-dealkylation sites (tertiary alicyclic amines) is 1. The number of anilines is 1. The Hall–Kier alpha value is -3.74. The van der Waals surface area contributed by atoms with Crippen LogP contribution in [0, 0.1) is 23.7 Å². The molecule has 5 unspecified atom stereocenters. The number of amides is 3. The van der Waals surface area contributed by atoms with Crippen LogP contribution in [0.5, 0.6) is 0 Å². The number of ether oxygens (including phenoxy) is 1. The monoisotopic (exact) mass is 458 g/mol. The second-order valence-electron chi connectivity index (χ2n) is 9.04. The molecule has 2 fully saturated rings. The molecule has 2 aliphatic carbocycles. The van der Waals surface area contributed by atoms with Crippen molar-refractivity contribution in [3.05, 3.63) is 77.9 Å². The van der Waals surface area contributed by atoms with Crippen molar-refractivity contribution in [1.29, 1.82) is 0 Å². The lowest BCUT2D eigenvalue weighted by Crippen LogP contribution is -2.49. The van der Waals surface area contributed by atoms with E-state index >= 15 is 0 Å². The van der Waals surface area contributed by atoms with E-state index in [0.29, 0.717) is 11.3 Å². The minimum atomic E-state index is -0.961. The second kappa shape index (κ2) is 8.89. The highest BCUT2D eigenvalue weighted by atomic mass is 16.5. The Morgan fingerprint density at radius 3 is 2.18 bits per heavy atom. The maximum absolute atomic E-state index is 13.5. The van der Waals surface area contributed by atoms with Crippen LogP contribution in [0.25, 0.3) is 0 Å². The van der Waals surface area contributed by atoms with E-state index in [1.54, 1.807) is 31.2 Å². The van der Waals surface area contributed by atoms with Gasteiger partial charge in [0.1, 0.15) is 6.04 Å². The Morgan fingerprint density at radius 1 is 0.971 bits per heavy atom. The van der Waals surface area contributed by atoms with Crippen LogP contribution in [0.1, 0.15) is 29.3 Å². The molecule has 2 aromatic carbocycles. The highest BCUT2D eigenvalue weighted by Crippen LogP contribution is 2.53. The number of hydrogen-bond acceptors (Lipinski definition) is 5. The molecule has 0 spiro atoms. The van der Waals surface area contributed by atoms with Gasteiger partial charge in [0.25, 0.3) is 0 Å². The molecule has 2 aromatic rings. The predicted molar refractivity (Wildman–Crippen MR) is 125 cm³/mol. The van der Waals surface area contributed by atoms with E-state index < -0.39 is 17.9 Å². The van der Waals surface area contributed by atoms with Gasteiger partial charge in [-0.2, -0.15) is 0 Å². The van der Waals surface area contributed by atoms with Gasteiger partial charge in [0.2, 0.25) is 17.7 Å². The van der Waals surface area contributed by atoms with Crippen molar-refractivity contribution in [2.75, 3.05) is 11.9 Å². The third-order valence-electron chi connectivity index (χ3n) is 7.05. The van der Waals surface area contributed by atoms with Gasteiger partial charge in [0.05, 0.1) is 24.0 Å². The summed E-state index contributed by atoms with van der Waals surface area (Å²) in [6.07, 6.45) is 5.14. The molecule has 0 aromatic heterocycles. The molecule has 1 heterocycles. The zero-order valence-electron chi connectivity index (χ0n) is 18.8. The van der Waals surface area contributed by atoms with E-state index in [0.717, 1.165) is 12.0 Å². The molecule has 0 radical (unpaired) electrons. The van der Waals surface area contributed by atoms with Gasteiger partial charge < -0.3 is 10.1 Å². The first-order chi connectivity index (χ1) is 16.5. The fourth-order valence-corrected chi connectivity index (χ4v) is 5.50. The maximum atomic E-state index is 13.5. The molecule has 34 heavy (non-hydrogen) atoms. The van der Waals surface area contributed by atoms with Crippen LogP contribution in [0.2, 0.25) is 0 Å². The first-order valence-corrected chi connectivity index (χ1v) is 11.6. The fraction of sp³-hybridized carbons (Fsp3) is 0.333. The summed E-state index contributed by atoms with van der Waals surface area (Å²) in [6, 6.07) is 14.8. The molecule has 7 nitrogen and oxygen atoms in total. The van der Waals surface area contributed by atoms with E-state index in [9.17, 15) is 19.2 Å². The van der Waals surface area contributed by atoms with Crippen LogP contribution in [-0.2, 0) is 25.5 Å². The number of carbonyl (C=O) groups excluding carboxylic acids is 4. The van der Waals surface area contributed by atoms with Crippen molar-refractivity contribution in [2.24, 2.45) is 23.7 Å². The summed E-state index contributed by atoms with van der Waals surface area (Å²) in [5.74, 6) is -1.95. The number of fused-ring (bicyclic) bond motifs is 5. The Balaban J connectivity index is 1.39. The SMILES string of the molecule is CCOC(=O)c1ccc(NC(=O)C(Cc2ccccc2)N2C(=O)C3C4C=CC(C4)C3C2=O)cc1. The molecule has 2 bridgehead atoms. The summed E-state index contributed by atoms with van der Waals surface area (Å²) in [6.45, 7) is 2.01. The first-order valence-electron chi connectivity index (χ1n) is 11.6. The molecule has 1 aliphatic heterocycles. The number of carbonyl (C=O) groups is 4. The van der Waals surface area contributed by atoms with Crippen molar-refractivity contribution < 1.29 is 23.9 Å². The van der Waals surface area contributed by atoms with Gasteiger partial charge in [-0.3, -0.25) is 19.3 Å². The van der Waals surface area contributed by atoms with Gasteiger partial charge in [0, 0.05) is 12.1 Å². The minimum Gasteiger partial charge on any atom is -0.462 e. The number of hydrogen-bond donors (Lipinski definition) is 1. The van der Waals surface area contributed by atoms with Crippen molar-refractivity contribution >= 4 is 29.4 Å². The number of benzene rings is 2. The van der Waals surface area contributed by atoms with Crippen LogP contribution in [0.15, 0.2) is 66.7 Å². The van der Waals surface area contributed by atoms with E-state index in [2.05, 4.69) is 5.32 Å². The van der Waals surface area contributed by atoms with E-state index in [4.69, 9.17) is 4.74 Å². The van der Waals surface area contributed by atoms with Crippen LogP contribution < -0.4 is 5.32 Å². The summed E-state index contributed by atoms with van der Waals surface area (Å²) in [4.78, 5) is 53.3. The van der Waals surface area contributed by atoms with Crippen molar-refractivity contribution in [3.63, 3.8) is 0 Å². The van der Waals surface area contributed by atoms with Gasteiger partial charge in [-0.05, 0) is 55.0 Å². The molecular weight excluding hydrogens is 432 g/mol.